The molecule has 1 saturated heterocycles. The molecule has 0 amide bonds. The number of aromatic nitrogens is 1. The van der Waals surface area contributed by atoms with Crippen molar-refractivity contribution in [2.45, 2.75) is 39.7 Å². The maximum absolute atomic E-state index is 4.31. The highest BCUT2D eigenvalue weighted by Crippen LogP contribution is 2.15. The fourth-order valence-corrected chi connectivity index (χ4v) is 2.94. The summed E-state index contributed by atoms with van der Waals surface area (Å²) in [5.41, 5.74) is 2.61. The molecule has 3 heteroatoms. The van der Waals surface area contributed by atoms with Gasteiger partial charge in [0, 0.05) is 25.5 Å². The van der Waals surface area contributed by atoms with Crippen LogP contribution in [0.2, 0.25) is 0 Å². The first-order valence-corrected chi connectivity index (χ1v) is 7.61. The van der Waals surface area contributed by atoms with Crippen molar-refractivity contribution in [1.82, 2.24) is 15.2 Å². The molecule has 1 aliphatic rings. The fraction of sp³-hybridized carbons (Fsp3) is 0.688. The molecule has 0 spiro atoms. The highest BCUT2D eigenvalue weighted by molar-refractivity contribution is 5.16. The van der Waals surface area contributed by atoms with Gasteiger partial charge in [-0.05, 0) is 62.9 Å². The Hall–Kier alpha value is -0.930. The summed E-state index contributed by atoms with van der Waals surface area (Å²) in [5, 5.41) is 3.45. The van der Waals surface area contributed by atoms with E-state index in [4.69, 9.17) is 0 Å². The second-order valence-electron chi connectivity index (χ2n) is 5.80. The molecule has 106 valence electrons. The minimum absolute atomic E-state index is 0.866. The van der Waals surface area contributed by atoms with E-state index in [2.05, 4.69) is 35.1 Å². The van der Waals surface area contributed by atoms with E-state index in [0.29, 0.717) is 0 Å². The van der Waals surface area contributed by atoms with Gasteiger partial charge in [0.25, 0.3) is 0 Å². The number of piperidine rings is 1. The molecule has 1 N–H and O–H groups in total. The number of hydrogen-bond acceptors (Lipinski definition) is 3. The predicted molar refractivity (Wildman–Crippen MR) is 80.1 cm³/mol. The molecule has 0 atom stereocenters. The number of rotatable bonds is 6. The van der Waals surface area contributed by atoms with Gasteiger partial charge in [0.1, 0.15) is 0 Å². The molecule has 3 nitrogen and oxygen atoms in total. The van der Waals surface area contributed by atoms with Gasteiger partial charge in [0.2, 0.25) is 0 Å². The lowest BCUT2D eigenvalue weighted by atomic mass is 9.97. The van der Waals surface area contributed by atoms with Crippen LogP contribution < -0.4 is 5.32 Å². The maximum Gasteiger partial charge on any atom is 0.0313 e. The van der Waals surface area contributed by atoms with E-state index in [1.54, 1.807) is 0 Å². The molecule has 1 aliphatic heterocycles. The Labute approximate surface area is 117 Å². The fourth-order valence-electron chi connectivity index (χ4n) is 2.94. The third-order valence-corrected chi connectivity index (χ3v) is 3.85. The van der Waals surface area contributed by atoms with Crippen molar-refractivity contribution in [1.29, 1.82) is 0 Å². The van der Waals surface area contributed by atoms with Gasteiger partial charge in [-0.3, -0.25) is 9.88 Å². The van der Waals surface area contributed by atoms with Crippen molar-refractivity contribution in [3.05, 3.63) is 29.6 Å². The number of nitrogens with one attached hydrogen (secondary N) is 1. The Bertz CT molecular complexity index is 372. The molecule has 0 aromatic carbocycles. The number of nitrogens with zero attached hydrogens (tertiary/aromatic N) is 2. The maximum atomic E-state index is 4.31. The van der Waals surface area contributed by atoms with E-state index in [1.807, 2.05) is 12.4 Å². The summed E-state index contributed by atoms with van der Waals surface area (Å²) in [6.45, 7) is 10.2. The highest BCUT2D eigenvalue weighted by atomic mass is 15.1. The van der Waals surface area contributed by atoms with Crippen LogP contribution in [-0.4, -0.2) is 36.1 Å². The minimum Gasteiger partial charge on any atom is -0.317 e. The van der Waals surface area contributed by atoms with Crippen LogP contribution in [0, 0.1) is 12.8 Å². The largest absolute Gasteiger partial charge is 0.317 e. The van der Waals surface area contributed by atoms with Crippen LogP contribution >= 0.6 is 0 Å². The van der Waals surface area contributed by atoms with Crippen LogP contribution in [0.3, 0.4) is 0 Å². The molecular weight excluding hydrogens is 234 g/mol. The van der Waals surface area contributed by atoms with Crippen molar-refractivity contribution in [2.24, 2.45) is 5.92 Å². The lowest BCUT2D eigenvalue weighted by Crippen LogP contribution is -2.36. The number of pyridine rings is 1. The van der Waals surface area contributed by atoms with Crippen molar-refractivity contribution in [3.63, 3.8) is 0 Å². The molecule has 0 bridgehead atoms. The van der Waals surface area contributed by atoms with Crippen molar-refractivity contribution in [3.8, 4) is 0 Å². The van der Waals surface area contributed by atoms with Crippen molar-refractivity contribution in [2.75, 3.05) is 26.2 Å². The number of hydrogen-bond donors (Lipinski definition) is 1. The number of aryl methyl sites for hydroxylation is 1. The second kappa shape index (κ2) is 7.61. The molecule has 0 aliphatic carbocycles. The van der Waals surface area contributed by atoms with E-state index in [1.165, 1.54) is 56.6 Å². The lowest BCUT2D eigenvalue weighted by Gasteiger charge is -2.30. The minimum atomic E-state index is 0.866. The van der Waals surface area contributed by atoms with Gasteiger partial charge in [0.15, 0.2) is 0 Å². The average molecular weight is 261 g/mol. The first-order chi connectivity index (χ1) is 9.28. The van der Waals surface area contributed by atoms with Crippen LogP contribution in [-0.2, 0) is 6.54 Å². The summed E-state index contributed by atoms with van der Waals surface area (Å²) < 4.78 is 0. The molecule has 1 aromatic rings. The van der Waals surface area contributed by atoms with Gasteiger partial charge in [-0.25, -0.2) is 0 Å². The van der Waals surface area contributed by atoms with Gasteiger partial charge >= 0.3 is 0 Å². The smallest absolute Gasteiger partial charge is 0.0313 e. The van der Waals surface area contributed by atoms with Crippen LogP contribution in [0.15, 0.2) is 18.5 Å². The average Bonchev–Trinajstić information content (AvgIpc) is 2.40. The molecule has 2 rings (SSSR count). The van der Waals surface area contributed by atoms with Gasteiger partial charge in [0.05, 0.1) is 0 Å². The van der Waals surface area contributed by atoms with E-state index < -0.39 is 0 Å². The van der Waals surface area contributed by atoms with Crippen LogP contribution in [0.25, 0.3) is 0 Å². The predicted octanol–water partition coefficient (Wildman–Crippen LogP) is 2.60. The van der Waals surface area contributed by atoms with Crippen LogP contribution in [0.1, 0.15) is 37.3 Å². The molecule has 0 radical (unpaired) electrons. The second-order valence-corrected chi connectivity index (χ2v) is 5.80. The summed E-state index contributed by atoms with van der Waals surface area (Å²) in [5.74, 6) is 0.866. The zero-order valence-electron chi connectivity index (χ0n) is 12.4. The highest BCUT2D eigenvalue weighted by Gasteiger charge is 2.16. The first kappa shape index (κ1) is 14.5. The monoisotopic (exact) mass is 261 g/mol. The standard InChI is InChI=1S/C16H27N3/c1-3-8-19(12-15-4-6-17-7-5-15)13-16-9-14(2)10-18-11-16/h9-11,15,17H,3-8,12-13H2,1-2H3. The Kier molecular flexibility index (Phi) is 5.80. The van der Waals surface area contributed by atoms with E-state index >= 15 is 0 Å². The van der Waals surface area contributed by atoms with Gasteiger partial charge < -0.3 is 5.32 Å². The lowest BCUT2D eigenvalue weighted by molar-refractivity contribution is 0.198. The van der Waals surface area contributed by atoms with Crippen molar-refractivity contribution >= 4 is 0 Å². The van der Waals surface area contributed by atoms with E-state index in [9.17, 15) is 0 Å². The Morgan fingerprint density at radius 2 is 2.11 bits per heavy atom. The molecule has 19 heavy (non-hydrogen) atoms. The Balaban J connectivity index is 1.91. The zero-order valence-corrected chi connectivity index (χ0v) is 12.4. The zero-order chi connectivity index (χ0) is 13.5. The van der Waals surface area contributed by atoms with Gasteiger partial charge in [-0.1, -0.05) is 13.0 Å². The topological polar surface area (TPSA) is 28.2 Å². The Morgan fingerprint density at radius 3 is 2.79 bits per heavy atom. The molecular formula is C16H27N3. The molecule has 1 fully saturated rings. The molecule has 2 heterocycles. The first-order valence-electron chi connectivity index (χ1n) is 7.61. The van der Waals surface area contributed by atoms with Gasteiger partial charge in [-0.2, -0.15) is 0 Å². The molecule has 1 aromatic heterocycles. The summed E-state index contributed by atoms with van der Waals surface area (Å²) in [6, 6.07) is 2.26. The normalized spacial score (nSPS) is 17.0. The van der Waals surface area contributed by atoms with Gasteiger partial charge in [-0.15, -0.1) is 0 Å². The van der Waals surface area contributed by atoms with Crippen molar-refractivity contribution < 1.29 is 0 Å². The van der Waals surface area contributed by atoms with E-state index in [0.717, 1.165) is 12.5 Å². The SMILES string of the molecule is CCCN(Cc1cncc(C)c1)CC1CCNCC1. The van der Waals surface area contributed by atoms with Crippen LogP contribution in [0.5, 0.6) is 0 Å². The Morgan fingerprint density at radius 1 is 1.32 bits per heavy atom. The summed E-state index contributed by atoms with van der Waals surface area (Å²) in [7, 11) is 0. The van der Waals surface area contributed by atoms with Crippen LogP contribution in [0.4, 0.5) is 0 Å². The quantitative estimate of drug-likeness (QED) is 0.853. The molecule has 0 unspecified atom stereocenters. The summed E-state index contributed by atoms with van der Waals surface area (Å²) in [6.07, 6.45) is 7.82. The summed E-state index contributed by atoms with van der Waals surface area (Å²) >= 11 is 0. The van der Waals surface area contributed by atoms with E-state index in [-0.39, 0.29) is 0 Å². The summed E-state index contributed by atoms with van der Waals surface area (Å²) in [4.78, 5) is 6.91. The third-order valence-electron chi connectivity index (χ3n) is 3.85. The third kappa shape index (κ3) is 4.92. The molecule has 0 saturated carbocycles.